The van der Waals surface area contributed by atoms with Gasteiger partial charge in [0.1, 0.15) is 0 Å². The lowest BCUT2D eigenvalue weighted by Gasteiger charge is -2.01. The van der Waals surface area contributed by atoms with Gasteiger partial charge in [-0.2, -0.15) is 5.10 Å². The Kier molecular flexibility index (Phi) is 2.94. The minimum atomic E-state index is -2.20. The topological polar surface area (TPSA) is 57.9 Å². The Balaban J connectivity index is 2.15. The number of hydrogen-bond acceptors (Lipinski definition) is 3. The first-order chi connectivity index (χ1) is 7.25. The van der Waals surface area contributed by atoms with Gasteiger partial charge < -0.3 is 4.55 Å². The molecule has 0 radical (unpaired) electrons. The average molecular weight is 221 g/mol. The smallest absolute Gasteiger partial charge is 0.0659 e. The highest BCUT2D eigenvalue weighted by atomic mass is 32.2. The van der Waals surface area contributed by atoms with Gasteiger partial charge in [-0.1, -0.05) is 30.3 Å². The van der Waals surface area contributed by atoms with E-state index < -0.39 is 11.1 Å². The van der Waals surface area contributed by atoms with Gasteiger partial charge in [-0.25, -0.2) is 0 Å². The monoisotopic (exact) mass is 221 g/mol. The Morgan fingerprint density at radius 3 is 2.67 bits per heavy atom. The van der Waals surface area contributed by atoms with Crippen LogP contribution in [0.2, 0.25) is 0 Å². The van der Waals surface area contributed by atoms with E-state index in [4.69, 9.17) is 0 Å². The maximum absolute atomic E-state index is 10.6. The lowest BCUT2D eigenvalue weighted by Crippen LogP contribution is -1.99. The van der Waals surface area contributed by atoms with Crippen LogP contribution in [0.4, 0.5) is 0 Å². The normalized spacial score (nSPS) is 12.6. The third kappa shape index (κ3) is 2.51. The van der Waals surface area contributed by atoms with Crippen molar-refractivity contribution in [3.63, 3.8) is 0 Å². The first kappa shape index (κ1) is 10.1. The third-order valence-electron chi connectivity index (χ3n) is 1.99. The summed E-state index contributed by atoms with van der Waals surface area (Å²) in [6.45, 7) is 0.581. The molecule has 1 heterocycles. The van der Waals surface area contributed by atoms with Gasteiger partial charge in [0.15, 0.2) is 0 Å². The summed E-state index contributed by atoms with van der Waals surface area (Å²) in [5.41, 5.74) is 1.09. The zero-order valence-electron chi connectivity index (χ0n) is 7.87. The molecule has 0 aliphatic rings. The molecule has 5 heteroatoms. The second-order valence-corrected chi connectivity index (χ2v) is 4.03. The predicted molar refractivity (Wildman–Crippen MR) is 55.0 cm³/mol. The fraction of sp³-hybridized carbons (Fsp3) is 0.100. The Labute approximate surface area is 89.8 Å². The van der Waals surface area contributed by atoms with E-state index in [2.05, 4.69) is 5.10 Å². The van der Waals surface area contributed by atoms with E-state index in [-0.39, 0.29) is 4.90 Å². The highest BCUT2D eigenvalue weighted by Crippen LogP contribution is 2.05. The SMILES string of the molecule is O=S([O-])c1cnn(Cc2ccccc2)c1. The van der Waals surface area contributed by atoms with Gasteiger partial charge in [-0.3, -0.25) is 8.89 Å². The zero-order chi connectivity index (χ0) is 10.7. The highest BCUT2D eigenvalue weighted by molar-refractivity contribution is 7.79. The van der Waals surface area contributed by atoms with Crippen LogP contribution in [0.25, 0.3) is 0 Å². The van der Waals surface area contributed by atoms with Crippen LogP contribution in [0.5, 0.6) is 0 Å². The standard InChI is InChI=1S/C10H10N2O2S/c13-15(14)10-6-11-12(8-10)7-9-4-2-1-3-5-9/h1-6,8H,7H2,(H,13,14)/p-1. The minimum absolute atomic E-state index is 0.214. The van der Waals surface area contributed by atoms with E-state index in [1.807, 2.05) is 30.3 Å². The summed E-state index contributed by atoms with van der Waals surface area (Å²) in [6.07, 6.45) is 2.85. The van der Waals surface area contributed by atoms with Gasteiger partial charge in [0, 0.05) is 6.20 Å². The van der Waals surface area contributed by atoms with Gasteiger partial charge in [-0.05, 0) is 16.6 Å². The molecule has 0 saturated heterocycles. The lowest BCUT2D eigenvalue weighted by molar-refractivity contribution is 0.537. The van der Waals surface area contributed by atoms with Crippen LogP contribution in [-0.2, 0) is 17.6 Å². The Bertz CT molecular complexity index is 467. The molecule has 2 aromatic rings. The van der Waals surface area contributed by atoms with Gasteiger partial charge in [-0.15, -0.1) is 0 Å². The number of rotatable bonds is 3. The molecule has 0 fully saturated rings. The molecule has 0 aliphatic carbocycles. The number of hydrogen-bond donors (Lipinski definition) is 0. The molecule has 1 aromatic heterocycles. The molecule has 0 N–H and O–H groups in total. The summed E-state index contributed by atoms with van der Waals surface area (Å²) in [4.78, 5) is 0.214. The molecule has 0 amide bonds. The summed E-state index contributed by atoms with van der Waals surface area (Å²) in [7, 11) is 0. The van der Waals surface area contributed by atoms with Crippen molar-refractivity contribution in [3.8, 4) is 0 Å². The first-order valence-corrected chi connectivity index (χ1v) is 5.49. The maximum atomic E-state index is 10.6. The molecule has 0 aliphatic heterocycles. The molecule has 15 heavy (non-hydrogen) atoms. The molecule has 0 spiro atoms. The summed E-state index contributed by atoms with van der Waals surface area (Å²) in [5, 5.41) is 3.96. The molecule has 1 aromatic carbocycles. The van der Waals surface area contributed by atoms with Crippen molar-refractivity contribution in [3.05, 3.63) is 48.3 Å². The number of aromatic nitrogens is 2. The molecule has 2 rings (SSSR count). The van der Waals surface area contributed by atoms with Crippen LogP contribution in [0, 0.1) is 0 Å². The van der Waals surface area contributed by atoms with Gasteiger partial charge in [0.05, 0.1) is 17.6 Å². The van der Waals surface area contributed by atoms with E-state index in [1.54, 1.807) is 4.68 Å². The molecule has 0 saturated carbocycles. The van der Waals surface area contributed by atoms with E-state index in [0.717, 1.165) is 5.56 Å². The van der Waals surface area contributed by atoms with E-state index >= 15 is 0 Å². The van der Waals surface area contributed by atoms with Gasteiger partial charge in [0.25, 0.3) is 0 Å². The zero-order valence-corrected chi connectivity index (χ0v) is 8.68. The number of benzene rings is 1. The molecular weight excluding hydrogens is 212 g/mol. The van der Waals surface area contributed by atoms with Crippen LogP contribution in [0.15, 0.2) is 47.6 Å². The van der Waals surface area contributed by atoms with Crippen LogP contribution >= 0.6 is 0 Å². The minimum Gasteiger partial charge on any atom is -0.768 e. The molecule has 78 valence electrons. The fourth-order valence-electron chi connectivity index (χ4n) is 1.29. The second-order valence-electron chi connectivity index (χ2n) is 3.09. The Morgan fingerprint density at radius 2 is 2.07 bits per heavy atom. The highest BCUT2D eigenvalue weighted by Gasteiger charge is 1.99. The van der Waals surface area contributed by atoms with E-state index in [0.29, 0.717) is 6.54 Å². The second kappa shape index (κ2) is 4.37. The van der Waals surface area contributed by atoms with Crippen molar-refractivity contribution in [2.75, 3.05) is 0 Å². The van der Waals surface area contributed by atoms with Crippen molar-refractivity contribution in [2.24, 2.45) is 0 Å². The van der Waals surface area contributed by atoms with Crippen LogP contribution < -0.4 is 0 Å². The first-order valence-electron chi connectivity index (χ1n) is 4.41. The molecule has 0 bridgehead atoms. The lowest BCUT2D eigenvalue weighted by atomic mass is 10.2. The van der Waals surface area contributed by atoms with Crippen molar-refractivity contribution >= 4 is 11.1 Å². The summed E-state index contributed by atoms with van der Waals surface area (Å²) < 4.78 is 22.8. The van der Waals surface area contributed by atoms with Gasteiger partial charge >= 0.3 is 0 Å². The van der Waals surface area contributed by atoms with Crippen molar-refractivity contribution in [1.82, 2.24) is 9.78 Å². The van der Waals surface area contributed by atoms with Crippen LogP contribution in [0.3, 0.4) is 0 Å². The number of nitrogens with zero attached hydrogens (tertiary/aromatic N) is 2. The van der Waals surface area contributed by atoms with Crippen LogP contribution in [-0.4, -0.2) is 18.5 Å². The van der Waals surface area contributed by atoms with Gasteiger partial charge in [0.2, 0.25) is 0 Å². The summed E-state index contributed by atoms with van der Waals surface area (Å²) >= 11 is -2.20. The summed E-state index contributed by atoms with van der Waals surface area (Å²) in [6, 6.07) is 9.74. The Morgan fingerprint density at radius 1 is 1.33 bits per heavy atom. The average Bonchev–Trinajstić information content (AvgIpc) is 2.68. The van der Waals surface area contributed by atoms with Crippen molar-refractivity contribution in [2.45, 2.75) is 11.4 Å². The fourth-order valence-corrected chi connectivity index (χ4v) is 1.63. The molecular formula is C10H9N2O2S-. The quantitative estimate of drug-likeness (QED) is 0.731. The summed E-state index contributed by atoms with van der Waals surface area (Å²) in [5.74, 6) is 0. The molecule has 4 nitrogen and oxygen atoms in total. The van der Waals surface area contributed by atoms with E-state index in [1.165, 1.54) is 12.4 Å². The molecule has 1 atom stereocenters. The van der Waals surface area contributed by atoms with Crippen molar-refractivity contribution < 1.29 is 8.76 Å². The molecule has 1 unspecified atom stereocenters. The van der Waals surface area contributed by atoms with Crippen LogP contribution in [0.1, 0.15) is 5.56 Å². The Hall–Kier alpha value is -1.46. The largest absolute Gasteiger partial charge is 0.768 e. The predicted octanol–water partition coefficient (Wildman–Crippen LogP) is 1.17. The third-order valence-corrected chi connectivity index (χ3v) is 2.59. The van der Waals surface area contributed by atoms with Crippen molar-refractivity contribution in [1.29, 1.82) is 0 Å². The maximum Gasteiger partial charge on any atom is 0.0659 e. The van der Waals surface area contributed by atoms with E-state index in [9.17, 15) is 8.76 Å².